The van der Waals surface area contributed by atoms with Crippen molar-refractivity contribution >= 4 is 34.0 Å². The summed E-state index contributed by atoms with van der Waals surface area (Å²) in [5, 5.41) is 0. The first kappa shape index (κ1) is 21.4. The van der Waals surface area contributed by atoms with E-state index in [4.69, 9.17) is 15.2 Å². The summed E-state index contributed by atoms with van der Waals surface area (Å²) < 4.78 is 28.6. The molecule has 36 heavy (non-hydrogen) atoms. The minimum atomic E-state index is -0.619. The number of nitrogens with two attached hydrogens (primary N) is 1. The number of imidazole rings is 1. The molecule has 4 aromatic rings. The number of morpholine rings is 1. The second kappa shape index (κ2) is 8.06. The fourth-order valence-corrected chi connectivity index (χ4v) is 5.35. The maximum atomic E-state index is 15.3. The van der Waals surface area contributed by atoms with Gasteiger partial charge in [0.2, 0.25) is 0 Å². The Kier molecular flexibility index (Phi) is 4.78. The molecule has 1 saturated heterocycles. The third-order valence-electron chi connectivity index (χ3n) is 7.34. The Hall–Kier alpha value is -3.92. The number of carbonyl (C=O) groups excluding carboxylic acids is 1. The van der Waals surface area contributed by atoms with Crippen LogP contribution in [-0.2, 0) is 4.74 Å². The van der Waals surface area contributed by atoms with Crippen LogP contribution in [-0.4, -0.2) is 64.1 Å². The van der Waals surface area contributed by atoms with Crippen LogP contribution in [0.4, 0.5) is 15.9 Å². The maximum absolute atomic E-state index is 15.3. The third kappa shape index (κ3) is 3.35. The molecular weight excluding hydrogens is 463 g/mol. The number of benzene rings is 2. The number of hydrogen-bond acceptors (Lipinski definition) is 7. The van der Waals surface area contributed by atoms with Crippen LogP contribution in [0, 0.1) is 5.82 Å². The van der Waals surface area contributed by atoms with E-state index in [0.29, 0.717) is 36.4 Å². The molecule has 2 fully saturated rings. The second-order valence-electron chi connectivity index (χ2n) is 9.56. The summed E-state index contributed by atoms with van der Waals surface area (Å²) in [5.41, 5.74) is 9.61. The van der Waals surface area contributed by atoms with E-state index in [2.05, 4.69) is 20.9 Å². The van der Waals surface area contributed by atoms with Crippen molar-refractivity contribution < 1.29 is 18.7 Å². The molecule has 4 heterocycles. The lowest BCUT2D eigenvalue weighted by molar-refractivity contribution is 0.0625. The molecular formula is C26H25FN6O3. The Bertz CT molecular complexity index is 1510. The molecule has 2 aromatic carbocycles. The first-order valence-corrected chi connectivity index (χ1v) is 12.2. The van der Waals surface area contributed by atoms with Crippen molar-refractivity contribution in [3.05, 3.63) is 59.8 Å². The molecule has 2 aliphatic heterocycles. The molecule has 0 radical (unpaired) electrons. The van der Waals surface area contributed by atoms with E-state index in [1.807, 2.05) is 12.1 Å². The number of amides is 1. The van der Waals surface area contributed by atoms with Gasteiger partial charge in [-0.15, -0.1) is 0 Å². The topological polar surface area (TPSA) is 98.2 Å². The minimum Gasteiger partial charge on any atom is -0.491 e. The minimum absolute atomic E-state index is 0.00867. The van der Waals surface area contributed by atoms with Gasteiger partial charge in [0.05, 0.1) is 48.4 Å². The van der Waals surface area contributed by atoms with E-state index in [-0.39, 0.29) is 29.4 Å². The van der Waals surface area contributed by atoms with Gasteiger partial charge in [0.25, 0.3) is 5.91 Å². The van der Waals surface area contributed by atoms with Crippen LogP contribution in [0.1, 0.15) is 34.8 Å². The zero-order valence-corrected chi connectivity index (χ0v) is 19.6. The molecule has 1 aliphatic carbocycles. The lowest BCUT2D eigenvalue weighted by Gasteiger charge is -2.30. The molecule has 2 aromatic heterocycles. The summed E-state index contributed by atoms with van der Waals surface area (Å²) >= 11 is 0. The normalized spacial score (nSPS) is 19.5. The Balaban J connectivity index is 1.25. The zero-order valence-electron chi connectivity index (χ0n) is 19.6. The van der Waals surface area contributed by atoms with Crippen molar-refractivity contribution in [2.24, 2.45) is 0 Å². The van der Waals surface area contributed by atoms with Gasteiger partial charge >= 0.3 is 0 Å². The number of ether oxygens (including phenoxy) is 2. The summed E-state index contributed by atoms with van der Waals surface area (Å²) in [6.07, 6.45) is 4.97. The van der Waals surface area contributed by atoms with Crippen molar-refractivity contribution in [2.75, 3.05) is 43.5 Å². The Morgan fingerprint density at radius 3 is 2.78 bits per heavy atom. The van der Waals surface area contributed by atoms with Gasteiger partial charge in [-0.25, -0.2) is 14.4 Å². The third-order valence-corrected chi connectivity index (χ3v) is 7.34. The van der Waals surface area contributed by atoms with E-state index in [1.54, 1.807) is 27.9 Å². The molecule has 3 aliphatic rings. The number of fused-ring (bicyclic) bond motifs is 4. The number of nitrogens with zero attached hydrogens (tertiary/aromatic N) is 5. The summed E-state index contributed by atoms with van der Waals surface area (Å²) in [4.78, 5) is 26.4. The molecule has 1 atom stereocenters. The lowest BCUT2D eigenvalue weighted by atomic mass is 10.0. The van der Waals surface area contributed by atoms with Crippen molar-refractivity contribution in [1.29, 1.82) is 0 Å². The number of aromatic nitrogens is 3. The fourth-order valence-electron chi connectivity index (χ4n) is 5.35. The summed E-state index contributed by atoms with van der Waals surface area (Å²) in [7, 11) is 0. The highest BCUT2D eigenvalue weighted by atomic mass is 19.1. The van der Waals surface area contributed by atoms with Gasteiger partial charge in [-0.3, -0.25) is 9.20 Å². The van der Waals surface area contributed by atoms with Crippen LogP contribution in [0.3, 0.4) is 0 Å². The van der Waals surface area contributed by atoms with E-state index in [1.165, 1.54) is 6.07 Å². The standard InChI is InChI=1S/C26H25FN6O3/c27-19-11-20-21(32-14-29-12-22(32)25(28)30-20)10-18(19)26(34)33(15-1-2-15)23-13-36-24-9-16(3-4-17(23)24)31-5-7-35-8-6-31/h3-4,9-12,14-15,23H,1-2,5-8,13H2,(H2,28,30)/t23-/m1/s1. The van der Waals surface area contributed by atoms with Crippen LogP contribution < -0.4 is 15.4 Å². The summed E-state index contributed by atoms with van der Waals surface area (Å²) in [6.45, 7) is 3.43. The van der Waals surface area contributed by atoms with Crippen LogP contribution >= 0.6 is 0 Å². The van der Waals surface area contributed by atoms with Gasteiger partial charge in [-0.1, -0.05) is 6.07 Å². The van der Waals surface area contributed by atoms with Gasteiger partial charge in [-0.2, -0.15) is 0 Å². The number of carbonyl (C=O) groups is 1. The molecule has 0 spiro atoms. The summed E-state index contributed by atoms with van der Waals surface area (Å²) in [5.74, 6) is 0.0717. The smallest absolute Gasteiger partial charge is 0.257 e. The van der Waals surface area contributed by atoms with Crippen LogP contribution in [0.15, 0.2) is 42.9 Å². The molecule has 10 heteroatoms. The number of halogens is 1. The van der Waals surface area contributed by atoms with Crippen molar-refractivity contribution in [3.63, 3.8) is 0 Å². The molecule has 0 bridgehead atoms. The van der Waals surface area contributed by atoms with E-state index in [0.717, 1.165) is 42.9 Å². The molecule has 1 amide bonds. The lowest BCUT2D eigenvalue weighted by Crippen LogP contribution is -2.38. The first-order chi connectivity index (χ1) is 17.6. The molecule has 7 rings (SSSR count). The van der Waals surface area contributed by atoms with Gasteiger partial charge in [-0.05, 0) is 25.0 Å². The van der Waals surface area contributed by atoms with Gasteiger partial charge < -0.3 is 25.0 Å². The predicted molar refractivity (Wildman–Crippen MR) is 132 cm³/mol. The highest BCUT2D eigenvalue weighted by Gasteiger charge is 2.42. The van der Waals surface area contributed by atoms with Crippen LogP contribution in [0.25, 0.3) is 16.6 Å². The van der Waals surface area contributed by atoms with Crippen molar-refractivity contribution in [2.45, 2.75) is 24.9 Å². The van der Waals surface area contributed by atoms with Gasteiger partial charge in [0, 0.05) is 42.5 Å². The molecule has 0 unspecified atom stereocenters. The Morgan fingerprint density at radius 1 is 1.14 bits per heavy atom. The monoisotopic (exact) mass is 488 g/mol. The van der Waals surface area contributed by atoms with E-state index >= 15 is 4.39 Å². The molecule has 2 N–H and O–H groups in total. The first-order valence-electron chi connectivity index (χ1n) is 12.2. The van der Waals surface area contributed by atoms with E-state index in [9.17, 15) is 4.79 Å². The Labute approximate surface area is 206 Å². The predicted octanol–water partition coefficient (Wildman–Crippen LogP) is 3.18. The quantitative estimate of drug-likeness (QED) is 0.471. The fraction of sp³-hybridized carbons (Fsp3) is 0.346. The Morgan fingerprint density at radius 2 is 1.97 bits per heavy atom. The van der Waals surface area contributed by atoms with Crippen LogP contribution in [0.5, 0.6) is 5.75 Å². The number of nitrogen functional groups attached to an aromatic ring is 1. The summed E-state index contributed by atoms with van der Waals surface area (Å²) in [6, 6.07) is 8.77. The number of hydrogen-bond donors (Lipinski definition) is 1. The average molecular weight is 489 g/mol. The van der Waals surface area contributed by atoms with Crippen molar-refractivity contribution in [1.82, 2.24) is 19.3 Å². The largest absolute Gasteiger partial charge is 0.491 e. The molecule has 9 nitrogen and oxygen atoms in total. The number of rotatable bonds is 4. The maximum Gasteiger partial charge on any atom is 0.257 e. The highest BCUT2D eigenvalue weighted by Crippen LogP contribution is 2.44. The van der Waals surface area contributed by atoms with Gasteiger partial charge in [0.1, 0.15) is 29.5 Å². The van der Waals surface area contributed by atoms with Gasteiger partial charge in [0.15, 0.2) is 0 Å². The molecule has 1 saturated carbocycles. The SMILES string of the molecule is Nc1nc2cc(F)c(C(=O)N(C3CC3)[C@@H]3COc4cc(N5CCOCC5)ccc43)cc2n2cncc12. The number of anilines is 2. The molecule has 184 valence electrons. The zero-order chi connectivity index (χ0) is 24.4. The second-order valence-corrected chi connectivity index (χ2v) is 9.56. The van der Waals surface area contributed by atoms with Crippen LogP contribution in [0.2, 0.25) is 0 Å². The van der Waals surface area contributed by atoms with Crippen molar-refractivity contribution in [3.8, 4) is 5.75 Å². The average Bonchev–Trinajstić information content (AvgIpc) is 3.43. The highest BCUT2D eigenvalue weighted by molar-refractivity contribution is 5.99. The van der Waals surface area contributed by atoms with E-state index < -0.39 is 5.82 Å².